The molecule has 0 aromatic rings. The van der Waals surface area contributed by atoms with Gasteiger partial charge in [0.15, 0.2) is 18.9 Å². The van der Waals surface area contributed by atoms with E-state index >= 15 is 0 Å². The van der Waals surface area contributed by atoms with E-state index < -0.39 is 129 Å². The highest BCUT2D eigenvalue weighted by Gasteiger charge is 2.56. The van der Waals surface area contributed by atoms with E-state index in [0.717, 1.165) is 0 Å². The average Bonchev–Trinajstić information content (AvgIpc) is 3.29. The maximum absolute atomic E-state index is 11.1. The van der Waals surface area contributed by atoms with Gasteiger partial charge in [-0.2, -0.15) is 0 Å². The van der Waals surface area contributed by atoms with E-state index in [1.54, 1.807) is 0 Å². The van der Waals surface area contributed by atoms with Crippen molar-refractivity contribution in [1.82, 2.24) is 0 Å². The number of aliphatic hydroxyl groups excluding tert-OH is 8. The minimum absolute atomic E-state index is 0.187. The van der Waals surface area contributed by atoms with Crippen LogP contribution in [0.5, 0.6) is 0 Å². The fourth-order valence-corrected chi connectivity index (χ4v) is 5.75. The predicted octanol–water partition coefficient (Wildman–Crippen LogP) is -9.92. The maximum atomic E-state index is 11.1. The highest BCUT2D eigenvalue weighted by Crippen LogP contribution is 2.34. The fraction of sp³-hybridized carbons (Fsp3) is 1.00. The van der Waals surface area contributed by atoms with Crippen LogP contribution in [0.25, 0.3) is 0 Å². The van der Waals surface area contributed by atoms with E-state index in [9.17, 15) is 40.9 Å². The Kier molecular flexibility index (Phi) is 11.7. The third-order valence-corrected chi connectivity index (χ3v) is 8.53. The van der Waals surface area contributed by atoms with Crippen molar-refractivity contribution in [2.75, 3.05) is 19.7 Å². The molecule has 4 fully saturated rings. The molecule has 1 aliphatic carbocycles. The molecule has 20 heteroatoms. The molecule has 3 aliphatic heterocycles. The lowest BCUT2D eigenvalue weighted by Gasteiger charge is -2.48. The molecule has 0 bridgehead atoms. The summed E-state index contributed by atoms with van der Waals surface area (Å²) in [6, 6.07) is -5.26. The first-order chi connectivity index (χ1) is 20.3. The molecular weight excluding hydrogens is 584 g/mol. The summed E-state index contributed by atoms with van der Waals surface area (Å²) >= 11 is 0. The molecule has 3 heterocycles. The third-order valence-electron chi connectivity index (χ3n) is 8.53. The molecule has 0 radical (unpaired) electrons. The van der Waals surface area contributed by atoms with Crippen molar-refractivity contribution in [3.05, 3.63) is 0 Å². The molecule has 0 aromatic carbocycles. The van der Waals surface area contributed by atoms with Crippen molar-refractivity contribution in [1.29, 1.82) is 0 Å². The molecule has 20 N–H and O–H groups in total. The van der Waals surface area contributed by atoms with Crippen LogP contribution in [0.1, 0.15) is 0 Å². The third kappa shape index (κ3) is 6.70. The minimum atomic E-state index is -1.67. The van der Waals surface area contributed by atoms with Gasteiger partial charge >= 0.3 is 0 Å². The van der Waals surface area contributed by atoms with Crippen molar-refractivity contribution < 1.29 is 69.3 Å². The summed E-state index contributed by atoms with van der Waals surface area (Å²) in [6.45, 7) is -1.08. The van der Waals surface area contributed by atoms with E-state index in [1.165, 1.54) is 0 Å². The molecule has 0 amide bonds. The van der Waals surface area contributed by atoms with E-state index in [-0.39, 0.29) is 13.1 Å². The van der Waals surface area contributed by atoms with Gasteiger partial charge in [0.1, 0.15) is 73.2 Å². The van der Waals surface area contributed by atoms with Gasteiger partial charge in [-0.05, 0) is 0 Å². The molecule has 252 valence electrons. The normalized spacial score (nSPS) is 54.6. The largest absolute Gasteiger partial charge is 0.394 e. The predicted molar refractivity (Wildman–Crippen MR) is 140 cm³/mol. The van der Waals surface area contributed by atoms with Crippen molar-refractivity contribution in [3.63, 3.8) is 0 Å². The van der Waals surface area contributed by atoms with Crippen LogP contribution >= 0.6 is 0 Å². The van der Waals surface area contributed by atoms with Crippen molar-refractivity contribution in [2.45, 2.75) is 122 Å². The standard InChI is InChI=1S/C23H46N6O14/c24-1-4-11(31)14(34)9(28)21(38-4)41-18-6(3-30)40-23(17(18)37)43-20-16(36)7(26)13(33)8(27)19(20)42-22-10(29)15(35)12(32)5(2-25)39-22/h4-23,30-37H,1-3,24-29H2/t4-,5+,6+,7+,8-,9+,10+,11+,12+,13+,14+,15+,16-,17+,18+,19+,20+,21+,22+,23-/m0/s1. The molecule has 3 saturated heterocycles. The molecular formula is C23H46N6O14. The molecule has 20 atom stereocenters. The summed E-state index contributed by atoms with van der Waals surface area (Å²) < 4.78 is 34.4. The van der Waals surface area contributed by atoms with E-state index in [2.05, 4.69) is 0 Å². The highest BCUT2D eigenvalue weighted by molar-refractivity contribution is 5.06. The van der Waals surface area contributed by atoms with Gasteiger partial charge in [-0.3, -0.25) is 0 Å². The Morgan fingerprint density at radius 3 is 1.35 bits per heavy atom. The van der Waals surface area contributed by atoms with Gasteiger partial charge in [0, 0.05) is 13.1 Å². The first-order valence-corrected chi connectivity index (χ1v) is 14.0. The van der Waals surface area contributed by atoms with Gasteiger partial charge in [-0.15, -0.1) is 0 Å². The molecule has 20 nitrogen and oxygen atoms in total. The van der Waals surface area contributed by atoms with Gasteiger partial charge in [-0.1, -0.05) is 0 Å². The number of ether oxygens (including phenoxy) is 6. The van der Waals surface area contributed by atoms with Crippen LogP contribution in [-0.4, -0.2) is 183 Å². The van der Waals surface area contributed by atoms with E-state index in [0.29, 0.717) is 0 Å². The molecule has 43 heavy (non-hydrogen) atoms. The second-order valence-electron chi connectivity index (χ2n) is 11.3. The van der Waals surface area contributed by atoms with Gasteiger partial charge < -0.3 is 104 Å². The Hall–Kier alpha value is -0.800. The van der Waals surface area contributed by atoms with Crippen LogP contribution < -0.4 is 34.4 Å². The van der Waals surface area contributed by atoms with Crippen molar-refractivity contribution >= 4 is 0 Å². The van der Waals surface area contributed by atoms with Gasteiger partial charge in [0.05, 0.1) is 36.9 Å². The van der Waals surface area contributed by atoms with E-state index in [4.69, 9.17) is 62.8 Å². The first kappa shape index (κ1) is 35.1. The number of hydrogen-bond acceptors (Lipinski definition) is 20. The summed E-state index contributed by atoms with van der Waals surface area (Å²) in [7, 11) is 0. The van der Waals surface area contributed by atoms with Crippen LogP contribution in [0.4, 0.5) is 0 Å². The molecule has 1 saturated carbocycles. The van der Waals surface area contributed by atoms with Crippen LogP contribution in [0.2, 0.25) is 0 Å². The summed E-state index contributed by atoms with van der Waals surface area (Å²) in [5.74, 6) is 0. The number of aliphatic hydroxyl groups is 8. The molecule has 4 rings (SSSR count). The maximum Gasteiger partial charge on any atom is 0.187 e. The zero-order valence-corrected chi connectivity index (χ0v) is 23.2. The van der Waals surface area contributed by atoms with Crippen LogP contribution in [0, 0.1) is 0 Å². The number of nitrogens with two attached hydrogens (primary N) is 6. The summed E-state index contributed by atoms with van der Waals surface area (Å²) in [5, 5.41) is 83.6. The lowest BCUT2D eigenvalue weighted by Crippen LogP contribution is -2.72. The van der Waals surface area contributed by atoms with Gasteiger partial charge in [0.2, 0.25) is 0 Å². The number of hydrogen-bond donors (Lipinski definition) is 14. The topological polar surface area (TPSA) is 373 Å². The van der Waals surface area contributed by atoms with Gasteiger partial charge in [0.25, 0.3) is 0 Å². The summed E-state index contributed by atoms with van der Waals surface area (Å²) in [4.78, 5) is 0. The summed E-state index contributed by atoms with van der Waals surface area (Å²) in [6.07, 6.45) is -22.8. The number of rotatable bonds is 9. The zero-order valence-electron chi connectivity index (χ0n) is 23.2. The molecule has 4 aliphatic rings. The van der Waals surface area contributed by atoms with Crippen molar-refractivity contribution in [2.24, 2.45) is 34.4 Å². The Morgan fingerprint density at radius 1 is 0.442 bits per heavy atom. The average molecular weight is 631 g/mol. The smallest absolute Gasteiger partial charge is 0.187 e. The second-order valence-corrected chi connectivity index (χ2v) is 11.3. The van der Waals surface area contributed by atoms with Crippen LogP contribution in [0.15, 0.2) is 0 Å². The SMILES string of the molecule is NC[C@@H]1O[C@H](O[C@H]2[C@@H](O)[C@H](O[C@@H]3[C@@H](O)[C@H](N)[C@@H](O)[C@H](N)[C@H]3O[C@H]3O[C@H](CN)[C@@H](O)[C@H](O)[C@H]3N)O[C@@H]2CO)[C@H](N)[C@@H](O)[C@@H]1O. The summed E-state index contributed by atoms with van der Waals surface area (Å²) in [5.41, 5.74) is 35.4. The Morgan fingerprint density at radius 2 is 0.884 bits per heavy atom. The lowest BCUT2D eigenvalue weighted by atomic mass is 9.82. The minimum Gasteiger partial charge on any atom is -0.394 e. The Balaban J connectivity index is 1.52. The lowest BCUT2D eigenvalue weighted by molar-refractivity contribution is -0.312. The first-order valence-electron chi connectivity index (χ1n) is 14.0. The van der Waals surface area contributed by atoms with Gasteiger partial charge in [-0.25, -0.2) is 0 Å². The Bertz CT molecular complexity index is 899. The molecule has 0 spiro atoms. The monoisotopic (exact) mass is 630 g/mol. The van der Waals surface area contributed by atoms with Crippen LogP contribution in [0.3, 0.4) is 0 Å². The van der Waals surface area contributed by atoms with Crippen LogP contribution in [-0.2, 0) is 28.4 Å². The second kappa shape index (κ2) is 14.3. The van der Waals surface area contributed by atoms with Crippen molar-refractivity contribution in [3.8, 4) is 0 Å². The Labute approximate surface area is 246 Å². The molecule has 0 aromatic heterocycles. The fourth-order valence-electron chi connectivity index (χ4n) is 5.75. The van der Waals surface area contributed by atoms with E-state index in [1.807, 2.05) is 0 Å². The highest BCUT2D eigenvalue weighted by atomic mass is 16.8. The molecule has 0 unspecified atom stereocenters. The zero-order chi connectivity index (χ0) is 31.9. The quantitative estimate of drug-likeness (QED) is 0.112.